The molecule has 0 saturated carbocycles. The second kappa shape index (κ2) is 6.67. The molecule has 1 aliphatic rings. The summed E-state index contributed by atoms with van der Waals surface area (Å²) < 4.78 is 23.7. The average Bonchev–Trinajstić information content (AvgIpc) is 3.10. The first kappa shape index (κ1) is 15.8. The molecule has 0 radical (unpaired) electrons. The number of anilines is 3. The van der Waals surface area contributed by atoms with Crippen molar-refractivity contribution in [3.63, 3.8) is 0 Å². The van der Waals surface area contributed by atoms with Crippen LogP contribution in [0, 0.1) is 5.82 Å². The topological polar surface area (TPSA) is 85.4 Å². The van der Waals surface area contributed by atoms with E-state index in [1.165, 1.54) is 30.6 Å². The van der Waals surface area contributed by atoms with Gasteiger partial charge in [0.05, 0.1) is 12.4 Å². The number of hydrogen-bond acceptors (Lipinski definition) is 6. The summed E-state index contributed by atoms with van der Waals surface area (Å²) in [6, 6.07) is 11.0. The number of benzene rings is 2. The Balaban J connectivity index is 1.44. The second-order valence-corrected chi connectivity index (χ2v) is 5.44. The summed E-state index contributed by atoms with van der Waals surface area (Å²) >= 11 is 0. The molecule has 1 aliphatic heterocycles. The van der Waals surface area contributed by atoms with E-state index in [-0.39, 0.29) is 12.5 Å². The van der Waals surface area contributed by atoms with Crippen molar-refractivity contribution in [2.75, 3.05) is 17.4 Å². The molecule has 2 aromatic carbocycles. The minimum absolute atomic E-state index is 0.116. The molecule has 2 heterocycles. The van der Waals surface area contributed by atoms with Crippen molar-refractivity contribution in [1.82, 2.24) is 9.97 Å². The maximum absolute atomic E-state index is 13.2. The van der Waals surface area contributed by atoms with E-state index in [1.54, 1.807) is 18.2 Å². The minimum atomic E-state index is -0.474. The molecule has 7 nitrogen and oxygen atoms in total. The number of carbonyl (C=O) groups excluding carboxylic acids is 1. The second-order valence-electron chi connectivity index (χ2n) is 5.44. The molecule has 130 valence electrons. The molecule has 3 aromatic rings. The molecule has 0 saturated heterocycles. The lowest BCUT2D eigenvalue weighted by Gasteiger charge is -2.07. The van der Waals surface area contributed by atoms with Gasteiger partial charge in [-0.25, -0.2) is 14.4 Å². The van der Waals surface area contributed by atoms with Crippen LogP contribution in [-0.4, -0.2) is 22.7 Å². The van der Waals surface area contributed by atoms with E-state index in [0.717, 1.165) is 5.69 Å². The fraction of sp³-hybridized carbons (Fsp3) is 0.0556. The zero-order valence-corrected chi connectivity index (χ0v) is 13.4. The Labute approximate surface area is 147 Å². The van der Waals surface area contributed by atoms with Crippen LogP contribution in [0.15, 0.2) is 54.9 Å². The Hall–Kier alpha value is -3.68. The van der Waals surface area contributed by atoms with Crippen molar-refractivity contribution < 1.29 is 18.7 Å². The van der Waals surface area contributed by atoms with Crippen LogP contribution in [0.1, 0.15) is 10.5 Å². The lowest BCUT2D eigenvalue weighted by atomic mass is 10.3. The van der Waals surface area contributed by atoms with Crippen molar-refractivity contribution in [2.24, 2.45) is 0 Å². The fourth-order valence-corrected chi connectivity index (χ4v) is 2.39. The van der Waals surface area contributed by atoms with Crippen LogP contribution in [0.25, 0.3) is 0 Å². The summed E-state index contributed by atoms with van der Waals surface area (Å²) in [7, 11) is 0. The van der Waals surface area contributed by atoms with E-state index in [1.807, 2.05) is 6.07 Å². The van der Waals surface area contributed by atoms with Crippen LogP contribution in [0.5, 0.6) is 11.5 Å². The zero-order valence-electron chi connectivity index (χ0n) is 13.4. The first-order valence-electron chi connectivity index (χ1n) is 7.73. The van der Waals surface area contributed by atoms with Gasteiger partial charge in [-0.2, -0.15) is 0 Å². The van der Waals surface area contributed by atoms with Crippen LogP contribution in [0.2, 0.25) is 0 Å². The summed E-state index contributed by atoms with van der Waals surface area (Å²) in [5.74, 6) is 0.890. The van der Waals surface area contributed by atoms with Crippen LogP contribution in [-0.2, 0) is 0 Å². The van der Waals surface area contributed by atoms with Gasteiger partial charge in [0.2, 0.25) is 6.79 Å². The largest absolute Gasteiger partial charge is 0.454 e. The number of ether oxygens (including phenoxy) is 2. The fourth-order valence-electron chi connectivity index (χ4n) is 2.39. The smallest absolute Gasteiger partial charge is 0.275 e. The minimum Gasteiger partial charge on any atom is -0.454 e. The number of amides is 1. The number of hydrogen-bond donors (Lipinski definition) is 2. The third-order valence-corrected chi connectivity index (χ3v) is 3.61. The Morgan fingerprint density at radius 2 is 1.88 bits per heavy atom. The molecule has 2 N–H and O–H groups in total. The highest BCUT2D eigenvalue weighted by atomic mass is 19.1. The lowest BCUT2D eigenvalue weighted by molar-refractivity contribution is 0.102. The molecule has 1 amide bonds. The van der Waals surface area contributed by atoms with Crippen molar-refractivity contribution >= 4 is 23.1 Å². The monoisotopic (exact) mass is 352 g/mol. The van der Waals surface area contributed by atoms with Crippen LogP contribution < -0.4 is 20.1 Å². The van der Waals surface area contributed by atoms with Crippen molar-refractivity contribution in [3.05, 3.63) is 66.4 Å². The molecule has 0 bridgehead atoms. The third-order valence-electron chi connectivity index (χ3n) is 3.61. The molecule has 26 heavy (non-hydrogen) atoms. The molecule has 0 fully saturated rings. The van der Waals surface area contributed by atoms with Crippen molar-refractivity contribution in [3.8, 4) is 11.5 Å². The van der Waals surface area contributed by atoms with E-state index in [9.17, 15) is 9.18 Å². The maximum Gasteiger partial charge on any atom is 0.275 e. The van der Waals surface area contributed by atoms with Crippen LogP contribution in [0.4, 0.5) is 21.6 Å². The van der Waals surface area contributed by atoms with Gasteiger partial charge in [-0.15, -0.1) is 0 Å². The SMILES string of the molecule is O=C(Nc1cccc(F)c1)c1cnc(Nc2ccc3c(c2)OCO3)cn1. The van der Waals surface area contributed by atoms with Gasteiger partial charge < -0.3 is 20.1 Å². The number of fused-ring (bicyclic) bond motifs is 1. The van der Waals surface area contributed by atoms with E-state index in [4.69, 9.17) is 9.47 Å². The summed E-state index contributed by atoms with van der Waals surface area (Å²) in [5, 5.41) is 5.63. The molecule has 4 rings (SSSR count). The summed E-state index contributed by atoms with van der Waals surface area (Å²) in [4.78, 5) is 20.4. The normalized spacial score (nSPS) is 11.9. The Kier molecular flexibility index (Phi) is 4.06. The van der Waals surface area contributed by atoms with E-state index in [0.29, 0.717) is 23.0 Å². The number of rotatable bonds is 4. The van der Waals surface area contributed by atoms with Crippen molar-refractivity contribution in [2.45, 2.75) is 0 Å². The van der Waals surface area contributed by atoms with E-state index >= 15 is 0 Å². The first-order chi connectivity index (χ1) is 12.7. The van der Waals surface area contributed by atoms with Crippen LogP contribution >= 0.6 is 0 Å². The number of aromatic nitrogens is 2. The highest BCUT2D eigenvalue weighted by Gasteiger charge is 2.14. The predicted molar refractivity (Wildman–Crippen MR) is 92.2 cm³/mol. The van der Waals surface area contributed by atoms with Gasteiger partial charge >= 0.3 is 0 Å². The van der Waals surface area contributed by atoms with Gasteiger partial charge in [-0.3, -0.25) is 4.79 Å². The standard InChI is InChI=1S/C18H13FN4O3/c19-11-2-1-3-12(6-11)23-18(24)14-8-21-17(9-20-14)22-13-4-5-15-16(7-13)26-10-25-15/h1-9H,10H2,(H,21,22)(H,23,24). The number of halogens is 1. The summed E-state index contributed by atoms with van der Waals surface area (Å²) in [5.41, 5.74) is 1.21. The predicted octanol–water partition coefficient (Wildman–Crippen LogP) is 3.34. The van der Waals surface area contributed by atoms with Gasteiger partial charge in [0, 0.05) is 17.4 Å². The Bertz CT molecular complexity index is 963. The van der Waals surface area contributed by atoms with Crippen LogP contribution in [0.3, 0.4) is 0 Å². The maximum atomic E-state index is 13.2. The van der Waals surface area contributed by atoms with Gasteiger partial charge in [0.15, 0.2) is 11.5 Å². The summed E-state index contributed by atoms with van der Waals surface area (Å²) in [6.45, 7) is 0.202. The first-order valence-corrected chi connectivity index (χ1v) is 7.73. The molecule has 0 unspecified atom stereocenters. The summed E-state index contributed by atoms with van der Waals surface area (Å²) in [6.07, 6.45) is 2.77. The molecule has 0 spiro atoms. The third kappa shape index (κ3) is 3.39. The molecular weight excluding hydrogens is 339 g/mol. The highest BCUT2D eigenvalue weighted by Crippen LogP contribution is 2.34. The van der Waals surface area contributed by atoms with Gasteiger partial charge in [0.25, 0.3) is 5.91 Å². The Morgan fingerprint density at radius 3 is 2.69 bits per heavy atom. The highest BCUT2D eigenvalue weighted by molar-refractivity contribution is 6.02. The van der Waals surface area contributed by atoms with E-state index in [2.05, 4.69) is 20.6 Å². The molecule has 1 aromatic heterocycles. The average molecular weight is 352 g/mol. The Morgan fingerprint density at radius 1 is 1.00 bits per heavy atom. The zero-order chi connectivity index (χ0) is 17.9. The van der Waals surface area contributed by atoms with E-state index < -0.39 is 11.7 Å². The molecule has 0 aliphatic carbocycles. The van der Waals surface area contributed by atoms with Gasteiger partial charge in [-0.05, 0) is 30.3 Å². The number of nitrogens with one attached hydrogen (secondary N) is 2. The lowest BCUT2D eigenvalue weighted by Crippen LogP contribution is -2.14. The molecule has 8 heteroatoms. The molecule has 0 atom stereocenters. The number of carbonyl (C=O) groups is 1. The quantitative estimate of drug-likeness (QED) is 0.749. The van der Waals surface area contributed by atoms with Gasteiger partial charge in [-0.1, -0.05) is 6.07 Å². The molecular formula is C18H13FN4O3. The van der Waals surface area contributed by atoms with Gasteiger partial charge in [0.1, 0.15) is 17.3 Å². The van der Waals surface area contributed by atoms with Crippen molar-refractivity contribution in [1.29, 1.82) is 0 Å². The number of nitrogens with zero attached hydrogens (tertiary/aromatic N) is 2.